The van der Waals surface area contributed by atoms with E-state index in [2.05, 4.69) is 16.0 Å². The van der Waals surface area contributed by atoms with Crippen LogP contribution in [0.4, 0.5) is 4.79 Å². The standard InChI is InChI=1S/C37H52N4O9/c1-47-29-20-18-28(19-21-29)25-49-37(46)39-23-33(42)40-31(22-34(43)50-30-16-12-7-5-3-2-4-6-8-13-17-30)36(45)41-32(35(38)44)26-48-24-27-14-10-9-11-15-27/h9-11,14-15,18-21,30-32H,2-8,12-13,16-17,22-26H2,1H3,(H2,38,44)(H,39,46)(H,40,42)(H,41,45)/t31-,32-/m0/s1. The fourth-order valence-electron chi connectivity index (χ4n) is 5.51. The van der Waals surface area contributed by atoms with Crippen molar-refractivity contribution in [1.29, 1.82) is 0 Å². The second-order valence-electron chi connectivity index (χ2n) is 12.4. The van der Waals surface area contributed by atoms with Gasteiger partial charge in [-0.15, -0.1) is 0 Å². The van der Waals surface area contributed by atoms with Crippen LogP contribution in [0.1, 0.15) is 88.2 Å². The Morgan fingerprint density at radius 1 is 0.760 bits per heavy atom. The van der Waals surface area contributed by atoms with Gasteiger partial charge < -0.3 is 40.6 Å². The number of alkyl carbamates (subject to hydrolysis) is 1. The van der Waals surface area contributed by atoms with E-state index in [0.29, 0.717) is 11.3 Å². The summed E-state index contributed by atoms with van der Waals surface area (Å²) in [7, 11) is 1.54. The fourth-order valence-corrected chi connectivity index (χ4v) is 5.51. The van der Waals surface area contributed by atoms with Crippen molar-refractivity contribution in [2.24, 2.45) is 5.73 Å². The van der Waals surface area contributed by atoms with Crippen molar-refractivity contribution < 1.29 is 42.9 Å². The normalized spacial score (nSPS) is 15.5. The molecule has 2 atom stereocenters. The maximum absolute atomic E-state index is 13.4. The van der Waals surface area contributed by atoms with E-state index in [-0.39, 0.29) is 25.9 Å². The molecule has 1 saturated carbocycles. The summed E-state index contributed by atoms with van der Waals surface area (Å²) >= 11 is 0. The first-order valence-corrected chi connectivity index (χ1v) is 17.5. The van der Waals surface area contributed by atoms with Crippen molar-refractivity contribution in [2.45, 2.75) is 108 Å². The number of nitrogens with two attached hydrogens (primary N) is 1. The monoisotopic (exact) mass is 696 g/mol. The molecule has 0 unspecified atom stereocenters. The first kappa shape index (κ1) is 39.8. The Morgan fingerprint density at radius 2 is 1.36 bits per heavy atom. The predicted molar refractivity (Wildman–Crippen MR) is 186 cm³/mol. The van der Waals surface area contributed by atoms with Crippen LogP contribution in [-0.4, -0.2) is 68.2 Å². The van der Waals surface area contributed by atoms with Crippen molar-refractivity contribution in [3.05, 3.63) is 65.7 Å². The number of primary amides is 1. The second kappa shape index (κ2) is 22.9. The molecule has 3 rings (SSSR count). The van der Waals surface area contributed by atoms with Gasteiger partial charge in [-0.2, -0.15) is 0 Å². The molecule has 2 aromatic carbocycles. The largest absolute Gasteiger partial charge is 0.497 e. The van der Waals surface area contributed by atoms with Gasteiger partial charge in [-0.1, -0.05) is 87.4 Å². The first-order chi connectivity index (χ1) is 24.2. The highest BCUT2D eigenvalue weighted by atomic mass is 16.6. The van der Waals surface area contributed by atoms with Gasteiger partial charge in [-0.25, -0.2) is 4.79 Å². The maximum atomic E-state index is 13.4. The zero-order valence-electron chi connectivity index (χ0n) is 29.0. The van der Waals surface area contributed by atoms with Gasteiger partial charge in [0.25, 0.3) is 0 Å². The number of esters is 1. The number of ether oxygens (including phenoxy) is 4. The van der Waals surface area contributed by atoms with Crippen LogP contribution in [0.3, 0.4) is 0 Å². The summed E-state index contributed by atoms with van der Waals surface area (Å²) < 4.78 is 21.7. The lowest BCUT2D eigenvalue weighted by molar-refractivity contribution is -0.152. The van der Waals surface area contributed by atoms with Gasteiger partial charge in [-0.05, 0) is 48.9 Å². The number of nitrogens with one attached hydrogen (secondary N) is 3. The lowest BCUT2D eigenvalue weighted by atomic mass is 9.99. The van der Waals surface area contributed by atoms with Gasteiger partial charge in [0, 0.05) is 0 Å². The molecule has 13 heteroatoms. The van der Waals surface area contributed by atoms with Crippen LogP contribution < -0.4 is 26.4 Å². The number of carbonyl (C=O) groups is 5. The highest BCUT2D eigenvalue weighted by molar-refractivity contribution is 5.94. The zero-order valence-corrected chi connectivity index (χ0v) is 29.0. The summed E-state index contributed by atoms with van der Waals surface area (Å²) in [5.41, 5.74) is 7.11. The van der Waals surface area contributed by atoms with E-state index < -0.39 is 54.8 Å². The average molecular weight is 697 g/mol. The van der Waals surface area contributed by atoms with Gasteiger partial charge in [0.2, 0.25) is 17.7 Å². The number of amides is 4. The molecule has 50 heavy (non-hydrogen) atoms. The summed E-state index contributed by atoms with van der Waals surface area (Å²) in [6.45, 7) is -0.641. The van der Waals surface area contributed by atoms with E-state index in [4.69, 9.17) is 24.7 Å². The van der Waals surface area contributed by atoms with Crippen molar-refractivity contribution in [3.8, 4) is 5.75 Å². The minimum Gasteiger partial charge on any atom is -0.497 e. The van der Waals surface area contributed by atoms with E-state index in [1.54, 1.807) is 31.4 Å². The minimum absolute atomic E-state index is 0.0453. The van der Waals surface area contributed by atoms with Crippen LogP contribution in [0.5, 0.6) is 5.75 Å². The second-order valence-corrected chi connectivity index (χ2v) is 12.4. The fraction of sp³-hybridized carbons (Fsp3) is 0.541. The van der Waals surface area contributed by atoms with Crippen LogP contribution in [0, 0.1) is 0 Å². The molecule has 2 aromatic rings. The molecule has 0 aromatic heterocycles. The molecule has 4 amide bonds. The molecule has 0 aliphatic heterocycles. The van der Waals surface area contributed by atoms with Crippen molar-refractivity contribution in [2.75, 3.05) is 20.3 Å². The van der Waals surface area contributed by atoms with Gasteiger partial charge >= 0.3 is 12.1 Å². The first-order valence-electron chi connectivity index (χ1n) is 17.5. The topological polar surface area (TPSA) is 184 Å². The van der Waals surface area contributed by atoms with Gasteiger partial charge in [0.1, 0.15) is 37.1 Å². The van der Waals surface area contributed by atoms with Crippen LogP contribution >= 0.6 is 0 Å². The highest BCUT2D eigenvalue weighted by Gasteiger charge is 2.29. The summed E-state index contributed by atoms with van der Waals surface area (Å²) in [5.74, 6) is -2.45. The Labute approximate surface area is 294 Å². The molecule has 0 bridgehead atoms. The van der Waals surface area contributed by atoms with Crippen molar-refractivity contribution in [3.63, 3.8) is 0 Å². The third-order valence-electron chi connectivity index (χ3n) is 8.35. The zero-order chi connectivity index (χ0) is 36.0. The van der Waals surface area contributed by atoms with Crippen LogP contribution in [0.25, 0.3) is 0 Å². The van der Waals surface area contributed by atoms with Gasteiger partial charge in [0.15, 0.2) is 0 Å². The smallest absolute Gasteiger partial charge is 0.407 e. The van der Waals surface area contributed by atoms with Gasteiger partial charge in [0.05, 0.1) is 26.7 Å². The van der Waals surface area contributed by atoms with Crippen LogP contribution in [0.2, 0.25) is 0 Å². The molecule has 1 aliphatic rings. The van der Waals surface area contributed by atoms with E-state index in [9.17, 15) is 24.0 Å². The number of carbonyl (C=O) groups excluding carboxylic acids is 5. The molecule has 0 spiro atoms. The minimum atomic E-state index is -1.42. The Bertz CT molecular complexity index is 1330. The Hall–Kier alpha value is -4.65. The third-order valence-corrected chi connectivity index (χ3v) is 8.35. The van der Waals surface area contributed by atoms with E-state index in [1.807, 2.05) is 30.3 Å². The summed E-state index contributed by atoms with van der Waals surface area (Å²) in [4.78, 5) is 64.0. The highest BCUT2D eigenvalue weighted by Crippen LogP contribution is 2.19. The molecular formula is C37H52N4O9. The summed E-state index contributed by atoms with van der Waals surface area (Å²) in [6, 6.07) is 13.5. The lowest BCUT2D eigenvalue weighted by Crippen LogP contribution is -2.56. The number of rotatable bonds is 16. The number of methoxy groups -OCH3 is 1. The molecule has 13 nitrogen and oxygen atoms in total. The van der Waals surface area contributed by atoms with Gasteiger partial charge in [-0.3, -0.25) is 19.2 Å². The summed E-state index contributed by atoms with van der Waals surface area (Å²) in [5, 5.41) is 7.31. The van der Waals surface area contributed by atoms with E-state index in [0.717, 1.165) is 56.9 Å². The average Bonchev–Trinajstić information content (AvgIpc) is 3.10. The Balaban J connectivity index is 1.59. The predicted octanol–water partition coefficient (Wildman–Crippen LogP) is 4.20. The molecule has 1 aliphatic carbocycles. The summed E-state index contributed by atoms with van der Waals surface area (Å²) in [6.07, 6.45) is 9.75. The van der Waals surface area contributed by atoms with Crippen LogP contribution in [-0.2, 0) is 46.6 Å². The van der Waals surface area contributed by atoms with E-state index >= 15 is 0 Å². The molecule has 0 radical (unpaired) electrons. The SMILES string of the molecule is COc1ccc(COC(=O)NCC(=O)N[C@@H](CC(=O)OC2CCCCCCCCCCC2)C(=O)N[C@@H](COCc2ccccc2)C(N)=O)cc1. The Kier molecular flexibility index (Phi) is 18.2. The van der Waals surface area contributed by atoms with E-state index in [1.165, 1.54) is 19.3 Å². The van der Waals surface area contributed by atoms with Crippen LogP contribution in [0.15, 0.2) is 54.6 Å². The molecule has 0 heterocycles. The molecule has 5 N–H and O–H groups in total. The lowest BCUT2D eigenvalue weighted by Gasteiger charge is -2.23. The Morgan fingerprint density at radius 3 is 1.96 bits per heavy atom. The van der Waals surface area contributed by atoms with Crippen molar-refractivity contribution in [1.82, 2.24) is 16.0 Å². The third kappa shape index (κ3) is 16.2. The number of benzene rings is 2. The molecular weight excluding hydrogens is 644 g/mol. The number of hydrogen-bond acceptors (Lipinski definition) is 9. The molecule has 1 fully saturated rings. The molecule has 274 valence electrons. The van der Waals surface area contributed by atoms with Crippen molar-refractivity contribution >= 4 is 29.8 Å². The number of hydrogen-bond donors (Lipinski definition) is 4. The quantitative estimate of drug-likeness (QED) is 0.187. The molecule has 0 saturated heterocycles. The maximum Gasteiger partial charge on any atom is 0.407 e.